The molecule has 2 aliphatic rings. The second kappa shape index (κ2) is 3.53. The Morgan fingerprint density at radius 1 is 1.62 bits per heavy atom. The minimum Gasteiger partial charge on any atom is -0.295 e. The van der Waals surface area contributed by atoms with Crippen LogP contribution in [0.15, 0.2) is 17.4 Å². The second-order valence-corrected chi connectivity index (χ2v) is 4.82. The third kappa shape index (κ3) is 1.46. The summed E-state index contributed by atoms with van der Waals surface area (Å²) in [6.45, 7) is 0. The number of fused-ring (bicyclic) bond motifs is 1. The minimum atomic E-state index is -0.937. The number of nitrogens with zero attached hydrogens (tertiary/aromatic N) is 4. The van der Waals surface area contributed by atoms with Gasteiger partial charge in [0, 0.05) is 25.2 Å². The first-order valence-electron chi connectivity index (χ1n) is 5.06. The van der Waals surface area contributed by atoms with Crippen molar-refractivity contribution < 1.29 is 4.39 Å². The molecule has 3 unspecified atom stereocenters. The van der Waals surface area contributed by atoms with E-state index in [-0.39, 0.29) is 6.04 Å². The van der Waals surface area contributed by atoms with Crippen LogP contribution in [0.3, 0.4) is 0 Å². The highest BCUT2D eigenvalue weighted by Crippen LogP contribution is 2.39. The lowest BCUT2D eigenvalue weighted by atomic mass is 10.1. The van der Waals surface area contributed by atoms with Crippen molar-refractivity contribution in [1.29, 1.82) is 0 Å². The first-order valence-corrected chi connectivity index (χ1v) is 5.85. The summed E-state index contributed by atoms with van der Waals surface area (Å²) in [4.78, 5) is 4.16. The normalized spacial score (nSPS) is 33.7. The second-order valence-electron chi connectivity index (χ2n) is 4.07. The van der Waals surface area contributed by atoms with Crippen LogP contribution in [0.25, 0.3) is 0 Å². The summed E-state index contributed by atoms with van der Waals surface area (Å²) in [6.07, 6.45) is 2.78. The van der Waals surface area contributed by atoms with Gasteiger partial charge in [0.1, 0.15) is 6.17 Å². The maximum atomic E-state index is 13.8. The number of rotatable bonds is 1. The van der Waals surface area contributed by atoms with Crippen molar-refractivity contribution in [3.05, 3.63) is 18.0 Å². The molecule has 0 radical (unpaired) electrons. The number of aryl methyl sites for hydroxylation is 1. The summed E-state index contributed by atoms with van der Waals surface area (Å²) >= 11 is 3.24. The van der Waals surface area contributed by atoms with E-state index in [4.69, 9.17) is 0 Å². The molecule has 3 rings (SSSR count). The number of amidine groups is 1. The van der Waals surface area contributed by atoms with Crippen LogP contribution in [0, 0.1) is 0 Å². The van der Waals surface area contributed by atoms with Gasteiger partial charge in [0.15, 0.2) is 10.9 Å². The van der Waals surface area contributed by atoms with Crippen LogP contribution in [0.1, 0.15) is 18.0 Å². The fourth-order valence-electron chi connectivity index (χ4n) is 2.25. The van der Waals surface area contributed by atoms with Crippen molar-refractivity contribution in [2.45, 2.75) is 24.8 Å². The standard InChI is InChI=1S/C9H11BrFN5/c1-15-4-5(3-12-15)7-2-6(11)8-13-9(10)14-16(7)8/h3-4,6-8H,2H2,1H3,(H,13,14). The number of nitrogens with one attached hydrogen (secondary N) is 1. The zero-order chi connectivity index (χ0) is 11.3. The van der Waals surface area contributed by atoms with Gasteiger partial charge in [-0.25, -0.2) is 9.38 Å². The summed E-state index contributed by atoms with van der Waals surface area (Å²) in [5, 5.41) is 5.95. The highest BCUT2D eigenvalue weighted by molar-refractivity contribution is 9.18. The molecule has 0 amide bonds. The molecule has 86 valence electrons. The first kappa shape index (κ1) is 10.2. The van der Waals surface area contributed by atoms with Crippen molar-refractivity contribution in [1.82, 2.24) is 20.2 Å². The Kier molecular flexibility index (Phi) is 2.25. The molecule has 1 N–H and O–H groups in total. The van der Waals surface area contributed by atoms with Crippen molar-refractivity contribution in [3.63, 3.8) is 0 Å². The van der Waals surface area contributed by atoms with Crippen LogP contribution in [0.2, 0.25) is 0 Å². The van der Waals surface area contributed by atoms with Gasteiger partial charge < -0.3 is 0 Å². The van der Waals surface area contributed by atoms with E-state index >= 15 is 0 Å². The van der Waals surface area contributed by atoms with E-state index in [9.17, 15) is 4.39 Å². The predicted molar refractivity (Wildman–Crippen MR) is 60.6 cm³/mol. The van der Waals surface area contributed by atoms with E-state index in [2.05, 4.69) is 31.4 Å². The Bertz CT molecular complexity index is 445. The van der Waals surface area contributed by atoms with Gasteiger partial charge in [-0.2, -0.15) is 10.1 Å². The van der Waals surface area contributed by atoms with Crippen LogP contribution in [0.5, 0.6) is 0 Å². The van der Waals surface area contributed by atoms with E-state index in [0.717, 1.165) is 5.56 Å². The number of hydrogen-bond acceptors (Lipinski definition) is 4. The van der Waals surface area contributed by atoms with E-state index in [1.807, 2.05) is 18.3 Å². The molecule has 0 saturated carbocycles. The fraction of sp³-hybridized carbons (Fsp3) is 0.556. The van der Waals surface area contributed by atoms with Gasteiger partial charge >= 0.3 is 0 Å². The smallest absolute Gasteiger partial charge is 0.182 e. The molecule has 0 aliphatic carbocycles. The highest BCUT2D eigenvalue weighted by Gasteiger charge is 2.46. The molecule has 3 atom stereocenters. The number of hydrazine groups is 1. The van der Waals surface area contributed by atoms with E-state index in [0.29, 0.717) is 11.2 Å². The van der Waals surface area contributed by atoms with Gasteiger partial charge in [0.25, 0.3) is 0 Å². The number of alkyl halides is 1. The van der Waals surface area contributed by atoms with Crippen LogP contribution >= 0.6 is 15.9 Å². The third-order valence-electron chi connectivity index (χ3n) is 2.97. The number of hydrogen-bond donors (Lipinski definition) is 1. The van der Waals surface area contributed by atoms with Crippen molar-refractivity contribution in [2.75, 3.05) is 0 Å². The molecule has 16 heavy (non-hydrogen) atoms. The van der Waals surface area contributed by atoms with Gasteiger partial charge in [-0.3, -0.25) is 10.1 Å². The molecule has 3 heterocycles. The average molecular weight is 288 g/mol. The van der Waals surface area contributed by atoms with Crippen molar-refractivity contribution in [3.8, 4) is 0 Å². The quantitative estimate of drug-likeness (QED) is 0.787. The lowest BCUT2D eigenvalue weighted by molar-refractivity contribution is 0.160. The molecular weight excluding hydrogens is 277 g/mol. The number of halogens is 2. The zero-order valence-electron chi connectivity index (χ0n) is 8.64. The maximum absolute atomic E-state index is 13.8. The minimum absolute atomic E-state index is 0.00694. The Balaban J connectivity index is 1.89. The molecule has 0 aromatic carbocycles. The Hall–Kier alpha value is -0.950. The fourth-order valence-corrected chi connectivity index (χ4v) is 2.67. The third-order valence-corrected chi connectivity index (χ3v) is 3.35. The molecule has 1 saturated heterocycles. The first-order chi connectivity index (χ1) is 7.65. The average Bonchev–Trinajstić information content (AvgIpc) is 2.85. The molecule has 1 aromatic heterocycles. The monoisotopic (exact) mass is 287 g/mol. The summed E-state index contributed by atoms with van der Waals surface area (Å²) in [6, 6.07) is -0.00694. The molecule has 5 nitrogen and oxygen atoms in total. The number of aliphatic imine (C=N–C) groups is 1. The number of aromatic nitrogens is 2. The Morgan fingerprint density at radius 2 is 2.44 bits per heavy atom. The molecule has 7 heteroatoms. The van der Waals surface area contributed by atoms with Gasteiger partial charge in [-0.1, -0.05) is 0 Å². The van der Waals surface area contributed by atoms with Gasteiger partial charge in [-0.05, 0) is 15.9 Å². The Morgan fingerprint density at radius 3 is 3.12 bits per heavy atom. The summed E-state index contributed by atoms with van der Waals surface area (Å²) in [7, 11) is 1.85. The van der Waals surface area contributed by atoms with Crippen LogP contribution in [-0.2, 0) is 7.05 Å². The Labute approximate surface area is 100 Å². The van der Waals surface area contributed by atoms with E-state index < -0.39 is 12.3 Å². The van der Waals surface area contributed by atoms with Gasteiger partial charge in [0.05, 0.1) is 12.2 Å². The molecule has 0 bridgehead atoms. The summed E-state index contributed by atoms with van der Waals surface area (Å²) in [5.41, 5.74) is 4.04. The van der Waals surface area contributed by atoms with E-state index in [1.165, 1.54) is 0 Å². The topological polar surface area (TPSA) is 45.5 Å². The predicted octanol–water partition coefficient (Wildman–Crippen LogP) is 1.10. The SMILES string of the molecule is Cn1cc(C2CC(F)C3N=C(Br)NN23)cn1. The van der Waals surface area contributed by atoms with Gasteiger partial charge in [-0.15, -0.1) is 0 Å². The van der Waals surface area contributed by atoms with Crippen molar-refractivity contribution >= 4 is 20.7 Å². The lowest BCUT2D eigenvalue weighted by Crippen LogP contribution is -2.38. The van der Waals surface area contributed by atoms with Crippen LogP contribution in [0.4, 0.5) is 4.39 Å². The lowest BCUT2D eigenvalue weighted by Gasteiger charge is -2.21. The van der Waals surface area contributed by atoms with Crippen LogP contribution in [-0.4, -0.2) is 31.9 Å². The maximum Gasteiger partial charge on any atom is 0.182 e. The highest BCUT2D eigenvalue weighted by atomic mass is 79.9. The zero-order valence-corrected chi connectivity index (χ0v) is 10.2. The molecule has 0 spiro atoms. The molecule has 2 aliphatic heterocycles. The summed E-state index contributed by atoms with van der Waals surface area (Å²) in [5.74, 6) is 0. The molecule has 1 aromatic rings. The summed E-state index contributed by atoms with van der Waals surface area (Å²) < 4.78 is 16.1. The van der Waals surface area contributed by atoms with Crippen LogP contribution < -0.4 is 5.43 Å². The molecule has 1 fully saturated rings. The van der Waals surface area contributed by atoms with Gasteiger partial charge in [0.2, 0.25) is 0 Å². The molecular formula is C9H11BrFN5. The largest absolute Gasteiger partial charge is 0.295 e. The van der Waals surface area contributed by atoms with Crippen molar-refractivity contribution in [2.24, 2.45) is 12.0 Å². The van der Waals surface area contributed by atoms with E-state index in [1.54, 1.807) is 10.9 Å².